The molecule has 1 fully saturated rings. The predicted octanol–water partition coefficient (Wildman–Crippen LogP) is 3.09. The smallest absolute Gasteiger partial charge is 0.225 e. The van der Waals surface area contributed by atoms with E-state index in [1.807, 2.05) is 0 Å². The number of aromatic nitrogens is 2. The van der Waals surface area contributed by atoms with Crippen LogP contribution in [0.5, 0.6) is 5.88 Å². The van der Waals surface area contributed by atoms with Crippen LogP contribution in [0.15, 0.2) is 12.3 Å². The molecule has 5 heteroatoms. The Labute approximate surface area is 113 Å². The molecule has 0 radical (unpaired) electrons. The Hall–Kier alpha value is -1.03. The molecule has 1 aliphatic rings. The Kier molecular flexibility index (Phi) is 4.64. The lowest BCUT2D eigenvalue weighted by molar-refractivity contribution is 0.305. The maximum Gasteiger partial charge on any atom is 0.225 e. The van der Waals surface area contributed by atoms with Crippen molar-refractivity contribution in [3.63, 3.8) is 0 Å². The third kappa shape index (κ3) is 3.73. The van der Waals surface area contributed by atoms with Gasteiger partial charge >= 0.3 is 0 Å². The van der Waals surface area contributed by atoms with E-state index in [0.717, 1.165) is 25.3 Å². The Morgan fingerprint density at radius 1 is 1.50 bits per heavy atom. The second-order valence-electron chi connectivity index (χ2n) is 4.86. The zero-order chi connectivity index (χ0) is 12.8. The number of rotatable bonds is 8. The second kappa shape index (κ2) is 6.23. The van der Waals surface area contributed by atoms with E-state index in [-0.39, 0.29) is 0 Å². The Balaban J connectivity index is 1.85. The first-order chi connectivity index (χ1) is 8.78. The van der Waals surface area contributed by atoms with Gasteiger partial charge in [0.25, 0.3) is 0 Å². The summed E-state index contributed by atoms with van der Waals surface area (Å²) >= 11 is 5.81. The predicted molar refractivity (Wildman–Crippen MR) is 73.3 cm³/mol. The van der Waals surface area contributed by atoms with Crippen LogP contribution < -0.4 is 10.1 Å². The highest BCUT2D eigenvalue weighted by Crippen LogP contribution is 2.48. The van der Waals surface area contributed by atoms with E-state index >= 15 is 0 Å². The van der Waals surface area contributed by atoms with Gasteiger partial charge in [-0.3, -0.25) is 0 Å². The number of halogens is 1. The molecule has 1 N–H and O–H groups in total. The van der Waals surface area contributed by atoms with Gasteiger partial charge in [-0.15, -0.1) is 11.6 Å². The van der Waals surface area contributed by atoms with Gasteiger partial charge in [0.2, 0.25) is 11.8 Å². The molecule has 0 unspecified atom stereocenters. The zero-order valence-electron chi connectivity index (χ0n) is 10.8. The van der Waals surface area contributed by atoms with Gasteiger partial charge in [0.15, 0.2) is 0 Å². The lowest BCUT2D eigenvalue weighted by Gasteiger charge is -2.14. The monoisotopic (exact) mass is 269 g/mol. The van der Waals surface area contributed by atoms with Crippen LogP contribution >= 0.6 is 11.6 Å². The maximum absolute atomic E-state index is 5.81. The molecule has 2 rings (SSSR count). The average Bonchev–Trinajstić information content (AvgIpc) is 3.15. The van der Waals surface area contributed by atoms with Crippen LogP contribution in [0, 0.1) is 5.41 Å². The average molecular weight is 270 g/mol. The fourth-order valence-corrected chi connectivity index (χ4v) is 2.27. The van der Waals surface area contributed by atoms with Crippen LogP contribution in [0.25, 0.3) is 0 Å². The summed E-state index contributed by atoms with van der Waals surface area (Å²) in [5.41, 5.74) is 0.380. The van der Waals surface area contributed by atoms with E-state index in [1.54, 1.807) is 12.3 Å². The summed E-state index contributed by atoms with van der Waals surface area (Å²) in [6, 6.07) is 1.78. The van der Waals surface area contributed by atoms with Gasteiger partial charge in [0, 0.05) is 24.7 Å². The van der Waals surface area contributed by atoms with Crippen LogP contribution in [0.1, 0.15) is 32.6 Å². The largest absolute Gasteiger partial charge is 0.478 e. The van der Waals surface area contributed by atoms with Crippen molar-refractivity contribution >= 4 is 17.5 Å². The molecule has 1 aliphatic carbocycles. The minimum Gasteiger partial charge on any atom is -0.478 e. The molecular weight excluding hydrogens is 250 g/mol. The Morgan fingerprint density at radius 2 is 2.33 bits per heavy atom. The number of nitrogens with zero attached hydrogens (tertiary/aromatic N) is 2. The number of nitrogens with one attached hydrogen (secondary N) is 1. The van der Waals surface area contributed by atoms with Gasteiger partial charge in [-0.05, 0) is 31.1 Å². The summed E-state index contributed by atoms with van der Waals surface area (Å²) in [5, 5.41) is 3.29. The quantitative estimate of drug-likeness (QED) is 0.737. The summed E-state index contributed by atoms with van der Waals surface area (Å²) in [5.74, 6) is 2.00. The standard InChI is InChI=1S/C13H20ClN3O/c1-2-9-18-11-3-8-15-12(17-11)16-10-13(4-5-13)6-7-14/h3,8H,2,4-7,9-10H2,1H3,(H,15,16,17). The summed E-state index contributed by atoms with van der Waals surface area (Å²) < 4.78 is 5.48. The molecule has 0 aliphatic heterocycles. The molecule has 4 nitrogen and oxygen atoms in total. The first-order valence-corrected chi connectivity index (χ1v) is 7.07. The molecule has 0 spiro atoms. The number of hydrogen-bond acceptors (Lipinski definition) is 4. The van der Waals surface area contributed by atoms with Crippen LogP contribution in [0.2, 0.25) is 0 Å². The fourth-order valence-electron chi connectivity index (χ4n) is 1.87. The molecule has 1 saturated carbocycles. The highest BCUT2D eigenvalue weighted by atomic mass is 35.5. The summed E-state index contributed by atoms with van der Waals surface area (Å²) in [6.45, 7) is 3.66. The molecule has 0 aromatic carbocycles. The van der Waals surface area contributed by atoms with Gasteiger partial charge < -0.3 is 10.1 Å². The van der Waals surface area contributed by atoms with Crippen LogP contribution in [0.3, 0.4) is 0 Å². The second-order valence-corrected chi connectivity index (χ2v) is 5.24. The van der Waals surface area contributed by atoms with Gasteiger partial charge in [0.05, 0.1) is 6.61 Å². The highest BCUT2D eigenvalue weighted by Gasteiger charge is 2.41. The lowest BCUT2D eigenvalue weighted by atomic mass is 10.0. The van der Waals surface area contributed by atoms with Gasteiger partial charge in [-0.1, -0.05) is 6.92 Å². The van der Waals surface area contributed by atoms with E-state index in [0.29, 0.717) is 23.9 Å². The fraction of sp³-hybridized carbons (Fsp3) is 0.692. The van der Waals surface area contributed by atoms with Crippen molar-refractivity contribution < 1.29 is 4.74 Å². The van der Waals surface area contributed by atoms with Gasteiger partial charge in [0.1, 0.15) is 0 Å². The molecule has 1 aromatic heterocycles. The SMILES string of the molecule is CCCOc1ccnc(NCC2(CCCl)CC2)n1. The third-order valence-corrected chi connectivity index (χ3v) is 3.48. The number of ether oxygens (including phenoxy) is 1. The minimum atomic E-state index is 0.380. The topological polar surface area (TPSA) is 47.0 Å². The summed E-state index contributed by atoms with van der Waals surface area (Å²) in [6.07, 6.45) is 6.26. The van der Waals surface area contributed by atoms with E-state index < -0.39 is 0 Å². The van der Waals surface area contributed by atoms with Crippen LogP contribution in [-0.4, -0.2) is 29.0 Å². The lowest BCUT2D eigenvalue weighted by Crippen LogP contribution is -2.17. The van der Waals surface area contributed by atoms with Crippen molar-refractivity contribution in [1.29, 1.82) is 0 Å². The van der Waals surface area contributed by atoms with Crippen molar-refractivity contribution in [2.75, 3.05) is 24.3 Å². The minimum absolute atomic E-state index is 0.380. The maximum atomic E-state index is 5.81. The van der Waals surface area contributed by atoms with Crippen molar-refractivity contribution in [3.8, 4) is 5.88 Å². The van der Waals surface area contributed by atoms with E-state index in [4.69, 9.17) is 16.3 Å². The van der Waals surface area contributed by atoms with E-state index in [1.165, 1.54) is 12.8 Å². The first kappa shape index (κ1) is 13.4. The molecule has 0 atom stereocenters. The molecular formula is C13H20ClN3O. The third-order valence-electron chi connectivity index (χ3n) is 3.29. The summed E-state index contributed by atoms with van der Waals surface area (Å²) in [4.78, 5) is 8.53. The van der Waals surface area contributed by atoms with Crippen LogP contribution in [0.4, 0.5) is 5.95 Å². The summed E-state index contributed by atoms with van der Waals surface area (Å²) in [7, 11) is 0. The van der Waals surface area contributed by atoms with Crippen molar-refractivity contribution in [2.45, 2.75) is 32.6 Å². The van der Waals surface area contributed by atoms with E-state index in [2.05, 4.69) is 22.2 Å². The molecule has 0 amide bonds. The molecule has 18 heavy (non-hydrogen) atoms. The number of anilines is 1. The van der Waals surface area contributed by atoms with Crippen LogP contribution in [-0.2, 0) is 0 Å². The zero-order valence-corrected chi connectivity index (χ0v) is 11.5. The molecule has 0 saturated heterocycles. The van der Waals surface area contributed by atoms with Crippen molar-refractivity contribution in [3.05, 3.63) is 12.3 Å². The number of hydrogen-bond donors (Lipinski definition) is 1. The molecule has 1 heterocycles. The first-order valence-electron chi connectivity index (χ1n) is 6.54. The van der Waals surface area contributed by atoms with Gasteiger partial charge in [-0.25, -0.2) is 4.98 Å². The molecule has 1 aromatic rings. The normalized spacial score (nSPS) is 16.3. The molecule has 100 valence electrons. The molecule has 0 bridgehead atoms. The number of alkyl halides is 1. The van der Waals surface area contributed by atoms with Gasteiger partial charge in [-0.2, -0.15) is 4.98 Å². The van der Waals surface area contributed by atoms with Crippen molar-refractivity contribution in [2.24, 2.45) is 5.41 Å². The Bertz CT molecular complexity index is 382. The van der Waals surface area contributed by atoms with Crippen molar-refractivity contribution in [1.82, 2.24) is 9.97 Å². The van der Waals surface area contributed by atoms with E-state index in [9.17, 15) is 0 Å². The Morgan fingerprint density at radius 3 is 3.00 bits per heavy atom. The highest BCUT2D eigenvalue weighted by molar-refractivity contribution is 6.17.